The number of aliphatic hydroxyl groups excluding tert-OH is 1. The Balaban J connectivity index is 1.22. The Kier molecular flexibility index (Phi) is 8.18. The van der Waals surface area contributed by atoms with Gasteiger partial charge in [-0.05, 0) is 67.4 Å². The van der Waals surface area contributed by atoms with Crippen LogP contribution in [0, 0.1) is 11.6 Å². The van der Waals surface area contributed by atoms with Crippen molar-refractivity contribution in [3.05, 3.63) is 102 Å². The third-order valence-electron chi connectivity index (χ3n) is 8.16. The van der Waals surface area contributed by atoms with E-state index in [1.807, 2.05) is 18.2 Å². The Bertz CT molecular complexity index is 2250. The Morgan fingerprint density at radius 1 is 0.979 bits per heavy atom. The fourth-order valence-electron chi connectivity index (χ4n) is 5.82. The molecule has 4 heterocycles. The molecule has 3 N–H and O–H groups in total. The third-order valence-corrected chi connectivity index (χ3v) is 10.0. The molecule has 0 bridgehead atoms. The number of rotatable bonds is 9. The summed E-state index contributed by atoms with van der Waals surface area (Å²) in [4.78, 5) is 19.8. The first kappa shape index (κ1) is 30.9. The van der Waals surface area contributed by atoms with E-state index in [4.69, 9.17) is 16.6 Å². The van der Waals surface area contributed by atoms with Crippen molar-refractivity contribution < 1.29 is 22.3 Å². The van der Waals surface area contributed by atoms with E-state index in [1.165, 1.54) is 24.5 Å². The van der Waals surface area contributed by atoms with Crippen LogP contribution in [0.25, 0.3) is 27.9 Å². The van der Waals surface area contributed by atoms with Crippen molar-refractivity contribution in [1.82, 2.24) is 29.4 Å². The number of pyridine rings is 1. The van der Waals surface area contributed by atoms with Gasteiger partial charge in [0.25, 0.3) is 10.0 Å². The average molecular weight is 677 g/mol. The number of nitrogens with zero attached hydrogens (tertiary/aromatic N) is 6. The van der Waals surface area contributed by atoms with Gasteiger partial charge in [0.2, 0.25) is 0 Å². The lowest BCUT2D eigenvalue weighted by molar-refractivity contribution is 0.154. The molecule has 0 unspecified atom stereocenters. The van der Waals surface area contributed by atoms with Gasteiger partial charge in [0.1, 0.15) is 40.4 Å². The van der Waals surface area contributed by atoms with Gasteiger partial charge in [0.15, 0.2) is 11.6 Å². The Hall–Kier alpha value is -4.76. The smallest absolute Gasteiger partial charge is 0.263 e. The van der Waals surface area contributed by atoms with E-state index in [9.17, 15) is 13.5 Å². The first-order valence-corrected chi connectivity index (χ1v) is 16.5. The number of imidazole rings is 1. The average Bonchev–Trinajstić information content (AvgIpc) is 3.72. The highest BCUT2D eigenvalue weighted by Crippen LogP contribution is 2.33. The zero-order valence-electron chi connectivity index (χ0n) is 24.6. The lowest BCUT2D eigenvalue weighted by Gasteiger charge is -2.22. The van der Waals surface area contributed by atoms with Crippen LogP contribution in [0.15, 0.2) is 84.3 Å². The molecule has 0 radical (unpaired) electrons. The molecule has 6 aromatic rings. The van der Waals surface area contributed by atoms with Crippen LogP contribution >= 0.6 is 11.6 Å². The molecule has 47 heavy (non-hydrogen) atoms. The van der Waals surface area contributed by atoms with Crippen molar-refractivity contribution in [3.63, 3.8) is 0 Å². The molecular weight excluding hydrogens is 650 g/mol. The monoisotopic (exact) mass is 676 g/mol. The van der Waals surface area contributed by atoms with Gasteiger partial charge >= 0.3 is 0 Å². The SMILES string of the molecule is O=S(=O)(Nc1ccc(F)c(Nc2ncnc3ccc(-n4cnc5c(CN6CCC[C@@H]6CO)cccc54)nc23)c1F)c1ccccc1Cl. The molecule has 3 aromatic heterocycles. The number of nitrogens with one attached hydrogen (secondary N) is 2. The molecule has 3 aromatic carbocycles. The predicted molar refractivity (Wildman–Crippen MR) is 174 cm³/mol. The third kappa shape index (κ3) is 5.84. The van der Waals surface area contributed by atoms with E-state index in [1.54, 1.807) is 29.1 Å². The Labute approximate surface area is 272 Å². The number of aliphatic hydroxyl groups is 1. The molecule has 0 aliphatic carbocycles. The van der Waals surface area contributed by atoms with Crippen molar-refractivity contribution in [3.8, 4) is 5.82 Å². The fourth-order valence-corrected chi connectivity index (χ4v) is 7.40. The molecule has 7 rings (SSSR count). The number of hydrogen-bond acceptors (Lipinski definition) is 9. The molecule has 15 heteroatoms. The van der Waals surface area contributed by atoms with Crippen LogP contribution in [0.4, 0.5) is 26.0 Å². The van der Waals surface area contributed by atoms with Crippen LogP contribution < -0.4 is 10.0 Å². The van der Waals surface area contributed by atoms with Crippen molar-refractivity contribution in [2.45, 2.75) is 30.3 Å². The summed E-state index contributed by atoms with van der Waals surface area (Å²) in [6, 6.07) is 17.1. The largest absolute Gasteiger partial charge is 0.395 e. The number of aromatic nitrogens is 5. The summed E-state index contributed by atoms with van der Waals surface area (Å²) in [5.41, 5.74) is 2.09. The minimum atomic E-state index is -4.30. The zero-order valence-corrected chi connectivity index (χ0v) is 26.2. The van der Waals surface area contributed by atoms with E-state index >= 15 is 8.78 Å². The van der Waals surface area contributed by atoms with Crippen molar-refractivity contribution in [2.75, 3.05) is 23.2 Å². The van der Waals surface area contributed by atoms with Gasteiger partial charge in [-0.1, -0.05) is 35.9 Å². The van der Waals surface area contributed by atoms with Gasteiger partial charge in [-0.15, -0.1) is 0 Å². The molecule has 0 saturated carbocycles. The van der Waals surface area contributed by atoms with Gasteiger partial charge in [0, 0.05) is 12.6 Å². The highest BCUT2D eigenvalue weighted by atomic mass is 35.5. The molecule has 0 spiro atoms. The van der Waals surface area contributed by atoms with Crippen molar-refractivity contribution in [1.29, 1.82) is 0 Å². The molecular formula is C32H27ClF2N8O3S. The maximum Gasteiger partial charge on any atom is 0.263 e. The van der Waals surface area contributed by atoms with E-state index < -0.39 is 33.0 Å². The minimum absolute atomic E-state index is 0.00468. The summed E-state index contributed by atoms with van der Waals surface area (Å²) >= 11 is 6.05. The highest BCUT2D eigenvalue weighted by Gasteiger charge is 2.25. The second kappa shape index (κ2) is 12.4. The molecule has 1 aliphatic rings. The standard InChI is InChI=1S/C32H27ClF2N8O3S/c33-21-7-1-2-9-26(21)47(45,46)41-23-11-10-22(34)30(28(23)35)40-32-31-24(36-17-37-32)12-13-27(39-31)43-18-38-29-19(5-3-8-25(29)43)15-42-14-4-6-20(42)16-44/h1-3,5,7-13,17-18,20,41,44H,4,6,14-16H2,(H,36,37,40)/t20-/m1/s1. The highest BCUT2D eigenvalue weighted by molar-refractivity contribution is 7.92. The van der Waals surface area contributed by atoms with E-state index in [0.717, 1.165) is 48.1 Å². The van der Waals surface area contributed by atoms with Gasteiger partial charge in [-0.25, -0.2) is 37.1 Å². The van der Waals surface area contributed by atoms with Crippen LogP contribution in [-0.4, -0.2) is 62.1 Å². The second-order valence-corrected chi connectivity index (χ2v) is 13.1. The fraction of sp³-hybridized carbons (Fsp3) is 0.188. The molecule has 1 saturated heterocycles. The summed E-state index contributed by atoms with van der Waals surface area (Å²) in [6.45, 7) is 1.67. The minimum Gasteiger partial charge on any atom is -0.395 e. The Morgan fingerprint density at radius 2 is 1.83 bits per heavy atom. The lowest BCUT2D eigenvalue weighted by atomic mass is 10.1. The summed E-state index contributed by atoms with van der Waals surface area (Å²) < 4.78 is 60.6. The molecule has 0 amide bonds. The lowest BCUT2D eigenvalue weighted by Crippen LogP contribution is -2.31. The van der Waals surface area contributed by atoms with Gasteiger partial charge in [0.05, 0.1) is 33.9 Å². The first-order chi connectivity index (χ1) is 22.7. The van der Waals surface area contributed by atoms with Crippen LogP contribution in [0.1, 0.15) is 18.4 Å². The number of hydrogen-bond donors (Lipinski definition) is 3. The number of anilines is 3. The van der Waals surface area contributed by atoms with Gasteiger partial charge < -0.3 is 10.4 Å². The maximum absolute atomic E-state index is 15.7. The topological polar surface area (TPSA) is 138 Å². The number of fused-ring (bicyclic) bond motifs is 2. The maximum atomic E-state index is 15.7. The number of benzene rings is 3. The molecule has 11 nitrogen and oxygen atoms in total. The summed E-state index contributed by atoms with van der Waals surface area (Å²) in [5.74, 6) is -1.72. The van der Waals surface area contributed by atoms with Crippen molar-refractivity contribution in [2.24, 2.45) is 0 Å². The second-order valence-electron chi connectivity index (χ2n) is 11.1. The van der Waals surface area contributed by atoms with Gasteiger partial charge in [-0.3, -0.25) is 14.2 Å². The van der Waals surface area contributed by atoms with Gasteiger partial charge in [-0.2, -0.15) is 0 Å². The van der Waals surface area contributed by atoms with E-state index in [0.29, 0.717) is 17.9 Å². The van der Waals surface area contributed by atoms with Crippen LogP contribution in [-0.2, 0) is 16.6 Å². The number of para-hydroxylation sites is 1. The predicted octanol–water partition coefficient (Wildman–Crippen LogP) is 5.80. The summed E-state index contributed by atoms with van der Waals surface area (Å²) in [6.07, 6.45) is 4.87. The van der Waals surface area contributed by atoms with Crippen LogP contribution in [0.5, 0.6) is 0 Å². The molecule has 1 fully saturated rings. The zero-order chi connectivity index (χ0) is 32.7. The van der Waals surface area contributed by atoms with Crippen molar-refractivity contribution >= 4 is 60.9 Å². The number of likely N-dealkylation sites (tertiary alicyclic amines) is 1. The van der Waals surface area contributed by atoms with Crippen LogP contribution in [0.2, 0.25) is 5.02 Å². The molecule has 1 aliphatic heterocycles. The Morgan fingerprint density at radius 3 is 2.66 bits per heavy atom. The van der Waals surface area contributed by atoms with E-state index in [-0.39, 0.29) is 33.9 Å². The quantitative estimate of drug-likeness (QED) is 0.174. The first-order valence-electron chi connectivity index (χ1n) is 14.7. The molecule has 240 valence electrons. The number of halogens is 3. The molecule has 1 atom stereocenters. The van der Waals surface area contributed by atoms with E-state index in [2.05, 4.69) is 29.9 Å². The number of sulfonamides is 1. The summed E-state index contributed by atoms with van der Waals surface area (Å²) in [5, 5.41) is 12.4. The summed E-state index contributed by atoms with van der Waals surface area (Å²) in [7, 11) is -4.30. The van der Waals surface area contributed by atoms with Crippen LogP contribution in [0.3, 0.4) is 0 Å². The normalized spacial score (nSPS) is 15.4.